The molecule has 4 aromatic rings. The van der Waals surface area contributed by atoms with Crippen LogP contribution in [-0.4, -0.2) is 28.0 Å². The van der Waals surface area contributed by atoms with Gasteiger partial charge in [0.1, 0.15) is 23.1 Å². The molecule has 0 spiro atoms. The Labute approximate surface area is 147 Å². The maximum atomic E-state index is 12.7. The van der Waals surface area contributed by atoms with E-state index >= 15 is 0 Å². The molecular formula is C18H13ClN4O2. The first-order chi connectivity index (χ1) is 12.2. The predicted octanol–water partition coefficient (Wildman–Crippen LogP) is 3.42. The van der Waals surface area contributed by atoms with Crippen molar-refractivity contribution in [3.8, 4) is 5.75 Å². The third-order valence-corrected chi connectivity index (χ3v) is 4.27. The van der Waals surface area contributed by atoms with Crippen LogP contribution in [0.25, 0.3) is 21.9 Å². The maximum Gasteiger partial charge on any atom is 0.298 e. The molecule has 25 heavy (non-hydrogen) atoms. The number of H-pyrrole nitrogens is 1. The molecule has 4 rings (SSSR count). The van der Waals surface area contributed by atoms with Crippen molar-refractivity contribution in [2.45, 2.75) is 0 Å². The van der Waals surface area contributed by atoms with Crippen LogP contribution in [-0.2, 0) is 0 Å². The first-order valence-corrected chi connectivity index (χ1v) is 7.91. The summed E-state index contributed by atoms with van der Waals surface area (Å²) >= 11 is 6.10. The number of nitrogens with one attached hydrogen (secondary N) is 1. The largest absolute Gasteiger partial charge is 0.497 e. The Bertz CT molecular complexity index is 1180. The number of nitrogens with zero attached hydrogens (tertiary/aromatic N) is 3. The van der Waals surface area contributed by atoms with E-state index in [9.17, 15) is 4.79 Å². The van der Waals surface area contributed by atoms with Gasteiger partial charge in [-0.05, 0) is 24.3 Å². The van der Waals surface area contributed by atoms with Crippen LogP contribution >= 0.6 is 11.6 Å². The molecule has 6 nitrogen and oxygen atoms in total. The zero-order chi connectivity index (χ0) is 17.4. The highest BCUT2D eigenvalue weighted by molar-refractivity contribution is 6.33. The Balaban J connectivity index is 1.84. The first-order valence-electron chi connectivity index (χ1n) is 7.53. The van der Waals surface area contributed by atoms with Crippen LogP contribution in [0.4, 0.5) is 0 Å². The number of benzene rings is 2. The molecule has 0 unspecified atom stereocenters. The second-order valence-electron chi connectivity index (χ2n) is 5.42. The van der Waals surface area contributed by atoms with Gasteiger partial charge in [-0.15, -0.1) is 0 Å². The first kappa shape index (κ1) is 15.4. The van der Waals surface area contributed by atoms with Crippen molar-refractivity contribution in [1.82, 2.24) is 14.6 Å². The van der Waals surface area contributed by atoms with E-state index in [2.05, 4.69) is 15.1 Å². The maximum absolute atomic E-state index is 12.7. The molecule has 0 aliphatic rings. The Kier molecular flexibility index (Phi) is 3.74. The minimum absolute atomic E-state index is 0.288. The molecule has 1 N–H and O–H groups in total. The molecule has 0 bridgehead atoms. The molecule has 0 atom stereocenters. The van der Waals surface area contributed by atoms with Gasteiger partial charge in [-0.3, -0.25) is 4.79 Å². The van der Waals surface area contributed by atoms with Gasteiger partial charge in [0, 0.05) is 21.5 Å². The summed E-state index contributed by atoms with van der Waals surface area (Å²) in [5.74, 6) is 0.705. The zero-order valence-electron chi connectivity index (χ0n) is 13.2. The van der Waals surface area contributed by atoms with Gasteiger partial charge in [0.2, 0.25) is 0 Å². The van der Waals surface area contributed by atoms with Gasteiger partial charge >= 0.3 is 0 Å². The number of aromatic amines is 1. The van der Waals surface area contributed by atoms with Crippen LogP contribution in [0.2, 0.25) is 5.02 Å². The van der Waals surface area contributed by atoms with Crippen LogP contribution in [0.1, 0.15) is 5.56 Å². The summed E-state index contributed by atoms with van der Waals surface area (Å²) in [5.41, 5.74) is 2.22. The third-order valence-electron chi connectivity index (χ3n) is 3.92. The number of halogens is 1. The van der Waals surface area contributed by atoms with Crippen LogP contribution in [0, 0.1) is 0 Å². The van der Waals surface area contributed by atoms with E-state index in [1.165, 1.54) is 17.2 Å². The highest BCUT2D eigenvalue weighted by Gasteiger charge is 2.11. The molecule has 2 aromatic heterocycles. The number of hydrogen-bond donors (Lipinski definition) is 1. The minimum Gasteiger partial charge on any atom is -0.497 e. The van der Waals surface area contributed by atoms with Gasteiger partial charge in [0.05, 0.1) is 13.3 Å². The van der Waals surface area contributed by atoms with Gasteiger partial charge in [-0.2, -0.15) is 9.78 Å². The molecule has 0 aliphatic heterocycles. The van der Waals surface area contributed by atoms with Gasteiger partial charge in [0.25, 0.3) is 5.56 Å². The summed E-state index contributed by atoms with van der Waals surface area (Å²) < 4.78 is 6.41. The molecule has 0 saturated carbocycles. The Hall–Kier alpha value is -3.12. The van der Waals surface area contributed by atoms with Gasteiger partial charge in [-0.25, -0.2) is 4.98 Å². The van der Waals surface area contributed by atoms with Crippen LogP contribution < -0.4 is 10.3 Å². The normalized spacial score (nSPS) is 11.6. The number of hydrogen-bond acceptors (Lipinski definition) is 4. The summed E-state index contributed by atoms with van der Waals surface area (Å²) in [6, 6.07) is 12.8. The fourth-order valence-corrected chi connectivity index (χ4v) is 2.82. The molecule has 0 saturated heterocycles. The van der Waals surface area contributed by atoms with Crippen molar-refractivity contribution in [3.63, 3.8) is 0 Å². The fourth-order valence-electron chi connectivity index (χ4n) is 2.64. The number of ether oxygens (including phenoxy) is 1. The number of methoxy groups -OCH3 is 1. The van der Waals surface area contributed by atoms with Gasteiger partial charge < -0.3 is 9.72 Å². The van der Waals surface area contributed by atoms with Crippen molar-refractivity contribution >= 4 is 39.8 Å². The lowest BCUT2D eigenvalue weighted by Gasteiger charge is -1.99. The second kappa shape index (κ2) is 6.07. The number of rotatable bonds is 3. The van der Waals surface area contributed by atoms with Crippen LogP contribution in [0.15, 0.2) is 58.7 Å². The Morgan fingerprint density at radius 1 is 1.28 bits per heavy atom. The van der Waals surface area contributed by atoms with Crippen LogP contribution in [0.3, 0.4) is 0 Å². The molecule has 124 valence electrons. The van der Waals surface area contributed by atoms with Gasteiger partial charge in [0.15, 0.2) is 0 Å². The van der Waals surface area contributed by atoms with E-state index in [-0.39, 0.29) is 5.56 Å². The summed E-state index contributed by atoms with van der Waals surface area (Å²) in [6.07, 6.45) is 2.92. The Morgan fingerprint density at radius 3 is 2.92 bits per heavy atom. The lowest BCUT2D eigenvalue weighted by molar-refractivity contribution is 0.415. The zero-order valence-corrected chi connectivity index (χ0v) is 14.0. The molecule has 0 amide bonds. The standard InChI is InChI=1S/C18H13ClN4O2/c1-25-12-6-7-15-13(8-12)16-17(22-15)18(24)23(10-20-16)21-9-11-4-2-3-5-14(11)19/h2-10,22H,1H3/b21-9-. The van der Waals surface area contributed by atoms with E-state index in [4.69, 9.17) is 16.3 Å². The van der Waals surface area contributed by atoms with Gasteiger partial charge in [-0.1, -0.05) is 29.8 Å². The van der Waals surface area contributed by atoms with E-state index < -0.39 is 0 Å². The molecule has 0 radical (unpaired) electrons. The summed E-state index contributed by atoms with van der Waals surface area (Å²) in [6.45, 7) is 0. The van der Waals surface area contributed by atoms with Crippen molar-refractivity contribution < 1.29 is 4.74 Å². The highest BCUT2D eigenvalue weighted by atomic mass is 35.5. The molecule has 2 heterocycles. The third kappa shape index (κ3) is 2.66. The lowest BCUT2D eigenvalue weighted by atomic mass is 10.2. The fraction of sp³-hybridized carbons (Fsp3) is 0.0556. The van der Waals surface area contributed by atoms with Crippen molar-refractivity contribution in [2.75, 3.05) is 7.11 Å². The second-order valence-corrected chi connectivity index (χ2v) is 5.83. The van der Waals surface area contributed by atoms with E-state index in [1.807, 2.05) is 36.4 Å². The van der Waals surface area contributed by atoms with Crippen molar-refractivity contribution in [3.05, 3.63) is 69.7 Å². The average molecular weight is 353 g/mol. The topological polar surface area (TPSA) is 72.3 Å². The van der Waals surface area contributed by atoms with E-state index in [0.717, 1.165) is 16.5 Å². The minimum atomic E-state index is -0.288. The highest BCUT2D eigenvalue weighted by Crippen LogP contribution is 2.25. The SMILES string of the molecule is COc1ccc2[nH]c3c(=O)n(/N=C\c4ccccc4Cl)cnc3c2c1. The molecule has 7 heteroatoms. The van der Waals surface area contributed by atoms with E-state index in [1.54, 1.807) is 13.2 Å². The molecular weight excluding hydrogens is 340 g/mol. The quantitative estimate of drug-likeness (QED) is 0.574. The number of fused-ring (bicyclic) bond motifs is 3. The summed E-state index contributed by atoms with van der Waals surface area (Å²) in [7, 11) is 1.60. The van der Waals surface area contributed by atoms with Crippen molar-refractivity contribution in [1.29, 1.82) is 0 Å². The van der Waals surface area contributed by atoms with Crippen LogP contribution in [0.5, 0.6) is 5.75 Å². The monoisotopic (exact) mass is 352 g/mol. The predicted molar refractivity (Wildman–Crippen MR) is 98.9 cm³/mol. The van der Waals surface area contributed by atoms with E-state index in [0.29, 0.717) is 21.8 Å². The summed E-state index contributed by atoms with van der Waals surface area (Å²) in [4.78, 5) is 20.1. The summed E-state index contributed by atoms with van der Waals surface area (Å²) in [5, 5.41) is 5.57. The van der Waals surface area contributed by atoms with Crippen molar-refractivity contribution in [2.24, 2.45) is 5.10 Å². The molecule has 0 aliphatic carbocycles. The molecule has 2 aromatic carbocycles. The Morgan fingerprint density at radius 2 is 2.12 bits per heavy atom. The smallest absolute Gasteiger partial charge is 0.298 e. The number of aromatic nitrogens is 3. The molecule has 0 fully saturated rings. The lowest BCUT2D eigenvalue weighted by Crippen LogP contribution is -2.17. The average Bonchev–Trinajstić information content (AvgIpc) is 3.01.